The molecule has 0 aliphatic rings. The Kier molecular flexibility index (Phi) is 8.31. The number of hydrogen-bond acceptors (Lipinski definition) is 2. The van der Waals surface area contributed by atoms with E-state index in [-0.39, 0.29) is 75.9 Å². The van der Waals surface area contributed by atoms with Crippen molar-refractivity contribution in [1.29, 1.82) is 0 Å². The van der Waals surface area contributed by atoms with E-state index in [0.29, 0.717) is 6.07 Å². The van der Waals surface area contributed by atoms with Crippen molar-refractivity contribution >= 4 is 12.4 Å². The second-order valence-electron chi connectivity index (χ2n) is 5.07. The van der Waals surface area contributed by atoms with Crippen LogP contribution in [0.4, 0.5) is 17.3 Å². The van der Waals surface area contributed by atoms with Crippen LogP contribution in [0.2, 0.25) is 0 Å². The molecule has 1 rings (SSSR count). The zero-order chi connectivity index (χ0) is 14.7. The third kappa shape index (κ3) is 7.42. The standard InChI is InChI=1S/C12H16BF4O2.K/c1-12(2,3)19-7-6-18-11-5-4-9(14)8-10(11)13(15,16)17;/h4-5,8H,6-7H2,1-3H3;/q-1;+1. The molecule has 0 aliphatic heterocycles. The summed E-state index contributed by atoms with van der Waals surface area (Å²) in [6, 6.07) is 2.36. The molecule has 108 valence electrons. The van der Waals surface area contributed by atoms with Crippen LogP contribution in [0, 0.1) is 5.82 Å². The van der Waals surface area contributed by atoms with Gasteiger partial charge in [0.1, 0.15) is 12.4 Å². The molecule has 0 saturated heterocycles. The van der Waals surface area contributed by atoms with E-state index in [1.165, 1.54) is 0 Å². The average molecular weight is 318 g/mol. The van der Waals surface area contributed by atoms with Gasteiger partial charge in [-0.15, -0.1) is 0 Å². The van der Waals surface area contributed by atoms with Crippen molar-refractivity contribution in [3.05, 3.63) is 24.0 Å². The van der Waals surface area contributed by atoms with Crippen molar-refractivity contribution < 1.29 is 78.2 Å². The molecule has 8 heteroatoms. The molecule has 20 heavy (non-hydrogen) atoms. The monoisotopic (exact) mass is 318 g/mol. The van der Waals surface area contributed by atoms with Gasteiger partial charge in [-0.25, -0.2) is 4.39 Å². The summed E-state index contributed by atoms with van der Waals surface area (Å²) in [6.45, 7) is 0.310. The average Bonchev–Trinajstić information content (AvgIpc) is 2.23. The van der Waals surface area contributed by atoms with Crippen molar-refractivity contribution in [3.8, 4) is 5.75 Å². The smallest absolute Gasteiger partial charge is 0.494 e. The maximum absolute atomic E-state index is 12.9. The quantitative estimate of drug-likeness (QED) is 0.435. The van der Waals surface area contributed by atoms with E-state index in [1.807, 2.05) is 20.8 Å². The summed E-state index contributed by atoms with van der Waals surface area (Å²) in [5.41, 5.74) is -1.45. The fourth-order valence-corrected chi connectivity index (χ4v) is 1.41. The molecular weight excluding hydrogens is 302 g/mol. The summed E-state index contributed by atoms with van der Waals surface area (Å²) in [6.07, 6.45) is 0. The topological polar surface area (TPSA) is 18.5 Å². The summed E-state index contributed by atoms with van der Waals surface area (Å²) >= 11 is 0. The van der Waals surface area contributed by atoms with Crippen molar-refractivity contribution in [2.75, 3.05) is 13.2 Å². The first kappa shape index (κ1) is 20.4. The zero-order valence-electron chi connectivity index (χ0n) is 12.1. The van der Waals surface area contributed by atoms with Crippen LogP contribution >= 0.6 is 0 Å². The molecule has 1 aromatic rings. The Labute approximate surface area is 158 Å². The maximum atomic E-state index is 12.9. The zero-order valence-corrected chi connectivity index (χ0v) is 15.2. The third-order valence-corrected chi connectivity index (χ3v) is 2.20. The van der Waals surface area contributed by atoms with Gasteiger partial charge in [0, 0.05) is 0 Å². The Morgan fingerprint density at radius 3 is 2.20 bits per heavy atom. The molecular formula is C12H16BF4KO2. The first-order valence-electron chi connectivity index (χ1n) is 5.86. The van der Waals surface area contributed by atoms with Gasteiger partial charge < -0.3 is 22.4 Å². The fraction of sp³-hybridized carbons (Fsp3) is 0.500. The van der Waals surface area contributed by atoms with E-state index in [1.54, 1.807) is 0 Å². The van der Waals surface area contributed by atoms with Gasteiger partial charge in [-0.1, -0.05) is 5.46 Å². The van der Waals surface area contributed by atoms with Crippen molar-refractivity contribution in [2.45, 2.75) is 26.4 Å². The first-order chi connectivity index (χ1) is 8.59. The molecule has 0 aromatic heterocycles. The molecule has 0 fully saturated rings. The first-order valence-corrected chi connectivity index (χ1v) is 5.86. The minimum atomic E-state index is -5.31. The number of halogens is 4. The Morgan fingerprint density at radius 2 is 1.70 bits per heavy atom. The second-order valence-corrected chi connectivity index (χ2v) is 5.07. The molecule has 0 saturated carbocycles. The van der Waals surface area contributed by atoms with E-state index in [9.17, 15) is 17.3 Å². The molecule has 0 unspecified atom stereocenters. The minimum Gasteiger partial charge on any atom is -0.494 e. The molecule has 0 N–H and O–H groups in total. The number of hydrogen-bond donors (Lipinski definition) is 0. The van der Waals surface area contributed by atoms with Gasteiger partial charge in [0.15, 0.2) is 0 Å². The van der Waals surface area contributed by atoms with Crippen LogP contribution < -0.4 is 61.6 Å². The van der Waals surface area contributed by atoms with E-state index in [2.05, 4.69) is 0 Å². The Hall–Kier alpha value is 0.401. The predicted octanol–water partition coefficient (Wildman–Crippen LogP) is 0.0780. The third-order valence-electron chi connectivity index (χ3n) is 2.20. The van der Waals surface area contributed by atoms with E-state index < -0.39 is 18.3 Å². The van der Waals surface area contributed by atoms with Crippen LogP contribution in [0.15, 0.2) is 18.2 Å². The van der Waals surface area contributed by atoms with E-state index in [0.717, 1.165) is 12.1 Å². The molecule has 2 nitrogen and oxygen atoms in total. The predicted molar refractivity (Wildman–Crippen MR) is 66.3 cm³/mol. The summed E-state index contributed by atoms with van der Waals surface area (Å²) in [4.78, 5) is 0. The van der Waals surface area contributed by atoms with Gasteiger partial charge in [-0.2, -0.15) is 0 Å². The second kappa shape index (κ2) is 8.14. The molecule has 1 aromatic carbocycles. The minimum absolute atomic E-state index is 0. The molecule has 0 spiro atoms. The van der Waals surface area contributed by atoms with Crippen LogP contribution in [0.25, 0.3) is 0 Å². The van der Waals surface area contributed by atoms with Gasteiger partial charge in [0.25, 0.3) is 0 Å². The summed E-state index contributed by atoms with van der Waals surface area (Å²) in [5, 5.41) is 0. The SMILES string of the molecule is CC(C)(C)OCCOc1ccc(F)cc1[B-](F)(F)F.[K+]. The van der Waals surface area contributed by atoms with Crippen LogP contribution in [-0.4, -0.2) is 25.8 Å². The fourth-order valence-electron chi connectivity index (χ4n) is 1.41. The molecule has 0 radical (unpaired) electrons. The van der Waals surface area contributed by atoms with Gasteiger partial charge in [-0.3, -0.25) is 0 Å². The number of ether oxygens (including phenoxy) is 2. The number of benzene rings is 1. The molecule has 0 atom stereocenters. The molecule has 0 aliphatic carbocycles. The van der Waals surface area contributed by atoms with Gasteiger partial charge in [0.05, 0.1) is 18.0 Å². The Morgan fingerprint density at radius 1 is 1.10 bits per heavy atom. The van der Waals surface area contributed by atoms with Crippen molar-refractivity contribution in [1.82, 2.24) is 0 Å². The van der Waals surface area contributed by atoms with Crippen LogP contribution in [0.5, 0.6) is 5.75 Å². The molecule has 0 heterocycles. The summed E-state index contributed by atoms with van der Waals surface area (Å²) in [5.74, 6) is -1.31. The Bertz CT molecular complexity index is 432. The Balaban J connectivity index is 0.00000361. The molecule has 0 bridgehead atoms. The van der Waals surface area contributed by atoms with Crippen molar-refractivity contribution in [3.63, 3.8) is 0 Å². The number of rotatable bonds is 5. The van der Waals surface area contributed by atoms with E-state index in [4.69, 9.17) is 9.47 Å². The van der Waals surface area contributed by atoms with Gasteiger partial charge in [-0.05, 0) is 39.0 Å². The van der Waals surface area contributed by atoms with Crippen LogP contribution in [0.3, 0.4) is 0 Å². The van der Waals surface area contributed by atoms with Crippen LogP contribution in [0.1, 0.15) is 20.8 Å². The van der Waals surface area contributed by atoms with E-state index >= 15 is 0 Å². The maximum Gasteiger partial charge on any atom is 1.00 e. The summed E-state index contributed by atoms with van der Waals surface area (Å²) in [7, 11) is 0. The van der Waals surface area contributed by atoms with Crippen molar-refractivity contribution in [2.24, 2.45) is 0 Å². The largest absolute Gasteiger partial charge is 1.00 e. The summed E-state index contributed by atoms with van der Waals surface area (Å²) < 4.78 is 61.3. The van der Waals surface area contributed by atoms with Gasteiger partial charge in [0.2, 0.25) is 0 Å². The van der Waals surface area contributed by atoms with Crippen LogP contribution in [-0.2, 0) is 4.74 Å². The molecule has 0 amide bonds. The van der Waals surface area contributed by atoms with Gasteiger partial charge >= 0.3 is 58.4 Å². The normalized spacial score (nSPS) is 11.9.